The molecule has 25 heavy (non-hydrogen) atoms. The Balaban J connectivity index is 2.01. The maximum absolute atomic E-state index is 13.5. The van der Waals surface area contributed by atoms with E-state index in [9.17, 15) is 22.0 Å². The first-order valence-electron chi connectivity index (χ1n) is 7.22. The van der Waals surface area contributed by atoms with Crippen LogP contribution in [0.3, 0.4) is 0 Å². The Kier molecular flexibility index (Phi) is 6.00. The molecule has 0 heterocycles. The number of hydrogen-bond acceptors (Lipinski definition) is 3. The van der Waals surface area contributed by atoms with Gasteiger partial charge in [0.15, 0.2) is 0 Å². The topological polar surface area (TPSA) is 66.5 Å². The highest BCUT2D eigenvalue weighted by Gasteiger charge is 2.18. The molecule has 1 N–H and O–H groups in total. The molecule has 0 aliphatic heterocycles. The van der Waals surface area contributed by atoms with Gasteiger partial charge in [0.05, 0.1) is 12.2 Å². The van der Waals surface area contributed by atoms with E-state index in [1.807, 2.05) is 0 Å². The van der Waals surface area contributed by atoms with Gasteiger partial charge in [-0.15, -0.1) is 0 Å². The minimum absolute atomic E-state index is 0.225. The number of amides is 1. The molecule has 2 aromatic rings. The fourth-order valence-corrected chi connectivity index (χ4v) is 2.74. The number of sulfonamides is 1. The summed E-state index contributed by atoms with van der Waals surface area (Å²) in [7, 11) is -2.60. The predicted octanol–water partition coefficient (Wildman–Crippen LogP) is 2.84. The molecule has 0 saturated heterocycles. The van der Waals surface area contributed by atoms with Crippen molar-refractivity contribution in [3.63, 3.8) is 0 Å². The maximum atomic E-state index is 13.5. The lowest BCUT2D eigenvalue weighted by Crippen LogP contribution is -2.33. The summed E-state index contributed by atoms with van der Waals surface area (Å²) in [5, 5.41) is 3.18. The van der Waals surface area contributed by atoms with E-state index in [-0.39, 0.29) is 5.69 Å². The first-order chi connectivity index (χ1) is 11.8. The van der Waals surface area contributed by atoms with Crippen LogP contribution in [0.25, 0.3) is 6.08 Å². The highest BCUT2D eigenvalue weighted by molar-refractivity contribution is 7.92. The van der Waals surface area contributed by atoms with Crippen molar-refractivity contribution in [3.8, 4) is 0 Å². The Morgan fingerprint density at radius 1 is 1.16 bits per heavy atom. The Bertz CT molecular complexity index is 884. The fourth-order valence-electron chi connectivity index (χ4n) is 1.91. The Morgan fingerprint density at radius 3 is 2.48 bits per heavy atom. The van der Waals surface area contributed by atoms with Gasteiger partial charge in [-0.3, -0.25) is 4.79 Å². The summed E-state index contributed by atoms with van der Waals surface area (Å²) in [6.07, 6.45) is 1.41. The van der Waals surface area contributed by atoms with Gasteiger partial charge in [0.2, 0.25) is 15.9 Å². The number of nitrogens with zero attached hydrogens (tertiary/aromatic N) is 1. The van der Waals surface area contributed by atoms with Crippen molar-refractivity contribution < 1.29 is 22.0 Å². The van der Waals surface area contributed by atoms with Crippen LogP contribution in [0.4, 0.5) is 14.5 Å². The van der Waals surface area contributed by atoms with E-state index in [4.69, 9.17) is 0 Å². The van der Waals surface area contributed by atoms with E-state index in [0.717, 1.165) is 21.8 Å². The van der Waals surface area contributed by atoms with Crippen molar-refractivity contribution in [2.24, 2.45) is 0 Å². The summed E-state index contributed by atoms with van der Waals surface area (Å²) in [6.45, 7) is -0.516. The summed E-state index contributed by atoms with van der Waals surface area (Å²) in [5.74, 6) is -2.46. The molecular formula is C17H16F2N2O3S. The number of likely N-dealkylation sites (N-methyl/N-ethyl adjacent to an activating group) is 1. The van der Waals surface area contributed by atoms with Gasteiger partial charge in [-0.2, -0.15) is 4.31 Å². The van der Waals surface area contributed by atoms with E-state index >= 15 is 0 Å². The molecule has 2 aromatic carbocycles. The molecule has 0 atom stereocenters. The molecule has 0 unspecified atom stereocenters. The van der Waals surface area contributed by atoms with Crippen LogP contribution in [0.15, 0.2) is 53.9 Å². The van der Waals surface area contributed by atoms with Gasteiger partial charge >= 0.3 is 0 Å². The number of nitrogens with one attached hydrogen (secondary N) is 1. The number of rotatable bonds is 6. The summed E-state index contributed by atoms with van der Waals surface area (Å²) in [5.41, 5.74) is 0.467. The summed E-state index contributed by atoms with van der Waals surface area (Å²) in [4.78, 5) is 11.9. The van der Waals surface area contributed by atoms with Crippen molar-refractivity contribution in [2.45, 2.75) is 0 Å². The van der Waals surface area contributed by atoms with Crippen LogP contribution < -0.4 is 5.32 Å². The molecular weight excluding hydrogens is 350 g/mol. The lowest BCUT2D eigenvalue weighted by Gasteiger charge is -2.14. The number of halogens is 2. The van der Waals surface area contributed by atoms with Crippen LogP contribution >= 0.6 is 0 Å². The van der Waals surface area contributed by atoms with Crippen molar-refractivity contribution in [2.75, 3.05) is 18.9 Å². The van der Waals surface area contributed by atoms with Gasteiger partial charge in [-0.05, 0) is 23.8 Å². The number of benzene rings is 2. The quantitative estimate of drug-likeness (QED) is 0.855. The van der Waals surface area contributed by atoms with Crippen LogP contribution in [0.5, 0.6) is 0 Å². The van der Waals surface area contributed by atoms with E-state index < -0.39 is 34.1 Å². The largest absolute Gasteiger partial charge is 0.322 e. The lowest BCUT2D eigenvalue weighted by molar-refractivity contribution is -0.116. The second-order valence-electron chi connectivity index (χ2n) is 5.19. The van der Waals surface area contributed by atoms with Crippen molar-refractivity contribution in [1.29, 1.82) is 0 Å². The van der Waals surface area contributed by atoms with Gasteiger partial charge in [-0.25, -0.2) is 17.2 Å². The second kappa shape index (κ2) is 8.00. The third-order valence-electron chi connectivity index (χ3n) is 3.24. The molecule has 0 aliphatic rings. The zero-order chi connectivity index (χ0) is 18.4. The van der Waals surface area contributed by atoms with Gasteiger partial charge in [-0.1, -0.05) is 30.3 Å². The minimum Gasteiger partial charge on any atom is -0.322 e. The molecule has 5 nitrogen and oxygen atoms in total. The van der Waals surface area contributed by atoms with Gasteiger partial charge in [0, 0.05) is 18.5 Å². The Morgan fingerprint density at radius 2 is 1.84 bits per heavy atom. The fraction of sp³-hybridized carbons (Fsp3) is 0.118. The van der Waals surface area contributed by atoms with Crippen LogP contribution in [-0.4, -0.2) is 32.2 Å². The first kappa shape index (κ1) is 18.8. The highest BCUT2D eigenvalue weighted by Crippen LogP contribution is 2.15. The minimum atomic E-state index is -3.82. The van der Waals surface area contributed by atoms with E-state index in [1.165, 1.54) is 13.1 Å². The van der Waals surface area contributed by atoms with Crippen molar-refractivity contribution in [3.05, 3.63) is 71.1 Å². The molecule has 2 rings (SSSR count). The maximum Gasteiger partial charge on any atom is 0.239 e. The molecule has 1 amide bonds. The first-order valence-corrected chi connectivity index (χ1v) is 8.72. The Labute approximate surface area is 144 Å². The van der Waals surface area contributed by atoms with Crippen LogP contribution in [0.1, 0.15) is 5.56 Å². The zero-order valence-corrected chi connectivity index (χ0v) is 14.1. The smallest absolute Gasteiger partial charge is 0.239 e. The molecule has 0 saturated carbocycles. The molecule has 0 spiro atoms. The van der Waals surface area contributed by atoms with Crippen LogP contribution in [-0.2, 0) is 14.8 Å². The predicted molar refractivity (Wildman–Crippen MR) is 92.0 cm³/mol. The molecule has 0 aromatic heterocycles. The number of anilines is 1. The molecule has 0 bridgehead atoms. The summed E-state index contributed by atoms with van der Waals surface area (Å²) >= 11 is 0. The number of hydrogen-bond donors (Lipinski definition) is 1. The summed E-state index contributed by atoms with van der Waals surface area (Å²) in [6, 6.07) is 11.5. The van der Waals surface area contributed by atoms with E-state index in [2.05, 4.69) is 5.32 Å². The van der Waals surface area contributed by atoms with Gasteiger partial charge in [0.25, 0.3) is 0 Å². The van der Waals surface area contributed by atoms with Crippen LogP contribution in [0.2, 0.25) is 0 Å². The Hall–Kier alpha value is -2.58. The molecule has 0 fully saturated rings. The third kappa shape index (κ3) is 5.47. The molecule has 0 radical (unpaired) electrons. The standard InChI is InChI=1S/C17H16F2N2O3S/c1-21(25(23,24)10-9-13-5-3-2-4-6-13)12-17(22)20-16-8-7-14(18)11-15(16)19/h2-11H,12H2,1H3,(H,20,22)/b10-9+. The number of carbonyl (C=O) groups excluding carboxylic acids is 1. The molecule has 8 heteroatoms. The second-order valence-corrected chi connectivity index (χ2v) is 7.11. The normalized spacial score (nSPS) is 11.8. The van der Waals surface area contributed by atoms with E-state index in [0.29, 0.717) is 11.6 Å². The van der Waals surface area contributed by atoms with Crippen molar-refractivity contribution >= 4 is 27.7 Å². The average molecular weight is 366 g/mol. The highest BCUT2D eigenvalue weighted by atomic mass is 32.2. The average Bonchev–Trinajstić information content (AvgIpc) is 2.56. The molecule has 132 valence electrons. The van der Waals surface area contributed by atoms with Crippen LogP contribution in [0, 0.1) is 11.6 Å². The van der Waals surface area contributed by atoms with E-state index in [1.54, 1.807) is 30.3 Å². The van der Waals surface area contributed by atoms with Gasteiger partial charge < -0.3 is 5.32 Å². The van der Waals surface area contributed by atoms with Gasteiger partial charge in [0.1, 0.15) is 11.6 Å². The van der Waals surface area contributed by atoms with Crippen molar-refractivity contribution in [1.82, 2.24) is 4.31 Å². The molecule has 0 aliphatic carbocycles. The summed E-state index contributed by atoms with van der Waals surface area (Å²) < 4.78 is 51.4. The SMILES string of the molecule is CN(CC(=O)Nc1ccc(F)cc1F)S(=O)(=O)/C=C/c1ccccc1. The third-order valence-corrected chi connectivity index (χ3v) is 4.72. The lowest BCUT2D eigenvalue weighted by atomic mass is 10.2. The monoisotopic (exact) mass is 366 g/mol. The number of carbonyl (C=O) groups is 1. The zero-order valence-electron chi connectivity index (χ0n) is 13.3.